The highest BCUT2D eigenvalue weighted by atomic mass is 16.6. The summed E-state index contributed by atoms with van der Waals surface area (Å²) >= 11 is 0. The van der Waals surface area contributed by atoms with E-state index < -0.39 is 93.9 Å². The molecule has 0 aromatic heterocycles. The van der Waals surface area contributed by atoms with E-state index in [-0.39, 0.29) is 6.61 Å². The highest BCUT2D eigenvalue weighted by Crippen LogP contribution is 2.72. The van der Waals surface area contributed by atoms with Gasteiger partial charge in [-0.3, -0.25) is 19.2 Å². The van der Waals surface area contributed by atoms with Crippen LogP contribution in [-0.2, 0) is 47.7 Å². The average Bonchev–Trinajstić information content (AvgIpc) is 3.21. The van der Waals surface area contributed by atoms with E-state index in [1.54, 1.807) is 19.1 Å². The van der Waals surface area contributed by atoms with Gasteiger partial charge in [0.25, 0.3) is 0 Å². The normalized spacial score (nSPS) is 37.9. The Balaban J connectivity index is 1.84. The van der Waals surface area contributed by atoms with Gasteiger partial charge < -0.3 is 28.8 Å². The molecule has 1 aliphatic heterocycles. The number of carbonyl (C=O) groups excluding carboxylic acids is 5. The fourth-order valence-electron chi connectivity index (χ4n) is 10.4. The first-order valence-corrected chi connectivity index (χ1v) is 17.5. The van der Waals surface area contributed by atoms with Gasteiger partial charge in [-0.25, -0.2) is 4.79 Å². The number of rotatable bonds is 7. The molecule has 0 bridgehead atoms. The molecule has 11 heteroatoms. The number of esters is 5. The van der Waals surface area contributed by atoms with E-state index >= 15 is 0 Å². The number of fused-ring (bicyclic) bond motifs is 5. The summed E-state index contributed by atoms with van der Waals surface area (Å²) < 4.78 is 30.1. The lowest BCUT2D eigenvalue weighted by Crippen LogP contribution is -2.76. The molecular formula is C40H50O11. The zero-order valence-corrected chi connectivity index (χ0v) is 30.9. The summed E-state index contributed by atoms with van der Waals surface area (Å²) in [4.78, 5) is 64.5. The average molecular weight is 707 g/mol. The van der Waals surface area contributed by atoms with Gasteiger partial charge in [0, 0.05) is 51.0 Å². The third kappa shape index (κ3) is 6.32. The van der Waals surface area contributed by atoms with Crippen LogP contribution in [-0.4, -0.2) is 71.6 Å². The molecule has 2 fully saturated rings. The number of allylic oxidation sites excluding steroid dienone is 2. The predicted molar refractivity (Wildman–Crippen MR) is 185 cm³/mol. The van der Waals surface area contributed by atoms with Crippen LogP contribution in [0.3, 0.4) is 0 Å². The SMILES string of the molecule is CC(=O)OC1C2[C@@](C)(CCC3[C@]2(C)[C@H](OC(C)=O)C=C(C)[C@@]3(O)/C=C(/C)c2ccccc2)C2C=CC(=O)OC[C@]2(C(C)OC(C)=O)[C@H]1OC(C)=O. The molecule has 1 heterocycles. The molecule has 51 heavy (non-hydrogen) atoms. The van der Waals surface area contributed by atoms with Crippen molar-refractivity contribution in [2.45, 2.75) is 105 Å². The van der Waals surface area contributed by atoms with Gasteiger partial charge in [-0.05, 0) is 73.8 Å². The van der Waals surface area contributed by atoms with Crippen molar-refractivity contribution in [1.82, 2.24) is 0 Å². The number of hydrogen-bond acceptors (Lipinski definition) is 11. The number of ether oxygens (including phenoxy) is 5. The summed E-state index contributed by atoms with van der Waals surface area (Å²) in [6.07, 6.45) is 3.10. The number of aliphatic hydroxyl groups is 1. The lowest BCUT2D eigenvalue weighted by molar-refractivity contribution is -0.301. The number of cyclic esters (lactones) is 1. The van der Waals surface area contributed by atoms with Crippen molar-refractivity contribution in [3.05, 3.63) is 65.8 Å². The minimum atomic E-state index is -1.54. The van der Waals surface area contributed by atoms with Crippen LogP contribution in [0.4, 0.5) is 0 Å². The summed E-state index contributed by atoms with van der Waals surface area (Å²) in [5, 5.41) is 13.0. The van der Waals surface area contributed by atoms with Crippen LogP contribution in [0.25, 0.3) is 5.57 Å². The van der Waals surface area contributed by atoms with E-state index in [0.717, 1.165) is 11.1 Å². The van der Waals surface area contributed by atoms with Gasteiger partial charge in [-0.1, -0.05) is 50.3 Å². The Labute approximate surface area is 299 Å². The topological polar surface area (TPSA) is 152 Å². The Morgan fingerprint density at radius 1 is 0.941 bits per heavy atom. The van der Waals surface area contributed by atoms with Crippen molar-refractivity contribution in [2.75, 3.05) is 6.61 Å². The molecule has 5 rings (SSSR count). The minimum Gasteiger partial charge on any atom is -0.462 e. The Morgan fingerprint density at radius 2 is 1.57 bits per heavy atom. The zero-order chi connectivity index (χ0) is 37.7. The second-order valence-corrected chi connectivity index (χ2v) is 15.3. The quantitative estimate of drug-likeness (QED) is 0.224. The molecule has 5 unspecified atom stereocenters. The van der Waals surface area contributed by atoms with Crippen molar-refractivity contribution >= 4 is 35.4 Å². The van der Waals surface area contributed by atoms with E-state index in [1.807, 2.05) is 64.1 Å². The second kappa shape index (κ2) is 13.7. The van der Waals surface area contributed by atoms with Gasteiger partial charge in [0.2, 0.25) is 0 Å². The summed E-state index contributed by atoms with van der Waals surface area (Å²) in [5.41, 5.74) is -2.67. The zero-order valence-electron chi connectivity index (χ0n) is 30.9. The molecule has 0 spiro atoms. The number of benzene rings is 1. The van der Waals surface area contributed by atoms with Crippen molar-refractivity contribution < 1.29 is 52.8 Å². The van der Waals surface area contributed by atoms with E-state index in [2.05, 4.69) is 0 Å². The Morgan fingerprint density at radius 3 is 2.16 bits per heavy atom. The van der Waals surface area contributed by atoms with Crippen LogP contribution in [0, 0.1) is 34.0 Å². The molecule has 1 N–H and O–H groups in total. The molecule has 0 saturated heterocycles. The molecule has 0 amide bonds. The Hall–Kier alpha value is -4.25. The minimum absolute atomic E-state index is 0.314. The van der Waals surface area contributed by atoms with E-state index in [0.29, 0.717) is 18.4 Å². The number of hydrogen-bond donors (Lipinski definition) is 1. The first-order valence-electron chi connectivity index (χ1n) is 17.5. The van der Waals surface area contributed by atoms with Gasteiger partial charge >= 0.3 is 29.8 Å². The van der Waals surface area contributed by atoms with Crippen molar-refractivity contribution in [2.24, 2.45) is 34.0 Å². The molecule has 3 aliphatic carbocycles. The van der Waals surface area contributed by atoms with Crippen LogP contribution in [0.2, 0.25) is 0 Å². The highest BCUT2D eigenvalue weighted by Gasteiger charge is 2.76. The molecule has 11 nitrogen and oxygen atoms in total. The standard InChI is InChI=1S/C40H50O11/c1-22(29-13-11-10-12-14-29)20-40(46)23(2)19-32(49-26(5)42)38(9)31(40)17-18-37(8)30-15-16-33(45)47-21-39(30,24(3)48-25(4)41)36(51-28(7)44)34(35(37)38)50-27(6)43/h10-16,19-20,24,30-32,34-36,46H,17-18,21H2,1-9H3/b22-20-/t24?,30?,31?,32-,34?,35?,36+,37+,38-,39-,40+/m1/s1. The summed E-state index contributed by atoms with van der Waals surface area (Å²) in [6, 6.07) is 9.68. The van der Waals surface area contributed by atoms with Crippen LogP contribution in [0.1, 0.15) is 80.7 Å². The summed E-state index contributed by atoms with van der Waals surface area (Å²) in [7, 11) is 0. The summed E-state index contributed by atoms with van der Waals surface area (Å²) in [5.74, 6) is -5.15. The maximum atomic E-state index is 13.2. The fraction of sp³-hybridized carbons (Fsp3) is 0.575. The monoisotopic (exact) mass is 706 g/mol. The second-order valence-electron chi connectivity index (χ2n) is 15.3. The third-order valence-corrected chi connectivity index (χ3v) is 12.3. The first kappa shape index (κ1) is 38.0. The largest absolute Gasteiger partial charge is 0.462 e. The molecule has 11 atom stereocenters. The lowest BCUT2D eigenvalue weighted by atomic mass is 9.36. The fourth-order valence-corrected chi connectivity index (χ4v) is 10.4. The van der Waals surface area contributed by atoms with E-state index in [1.165, 1.54) is 33.8 Å². The smallest absolute Gasteiger partial charge is 0.330 e. The molecule has 2 saturated carbocycles. The Bertz CT molecular complexity index is 1680. The van der Waals surface area contributed by atoms with Gasteiger partial charge in [-0.15, -0.1) is 0 Å². The van der Waals surface area contributed by atoms with Crippen molar-refractivity contribution in [3.8, 4) is 0 Å². The first-order chi connectivity index (χ1) is 23.8. The molecule has 1 aromatic carbocycles. The van der Waals surface area contributed by atoms with Crippen LogP contribution in [0.15, 0.2) is 60.2 Å². The van der Waals surface area contributed by atoms with Gasteiger partial charge in [0.15, 0.2) is 6.10 Å². The molecule has 0 radical (unpaired) electrons. The summed E-state index contributed by atoms with van der Waals surface area (Å²) in [6.45, 7) is 14.1. The lowest BCUT2D eigenvalue weighted by Gasteiger charge is -2.70. The molecular weight excluding hydrogens is 656 g/mol. The molecule has 4 aliphatic rings. The highest BCUT2D eigenvalue weighted by molar-refractivity contribution is 5.82. The van der Waals surface area contributed by atoms with Crippen LogP contribution >= 0.6 is 0 Å². The van der Waals surface area contributed by atoms with Crippen LogP contribution in [0.5, 0.6) is 0 Å². The van der Waals surface area contributed by atoms with Gasteiger partial charge in [0.1, 0.15) is 30.5 Å². The van der Waals surface area contributed by atoms with Gasteiger partial charge in [-0.2, -0.15) is 0 Å². The maximum Gasteiger partial charge on any atom is 0.330 e. The predicted octanol–water partition coefficient (Wildman–Crippen LogP) is 5.30. The maximum absolute atomic E-state index is 13.2. The Kier molecular flexibility index (Phi) is 10.2. The van der Waals surface area contributed by atoms with Crippen LogP contribution < -0.4 is 0 Å². The van der Waals surface area contributed by atoms with Crippen molar-refractivity contribution in [1.29, 1.82) is 0 Å². The molecule has 1 aromatic rings. The van der Waals surface area contributed by atoms with E-state index in [9.17, 15) is 29.1 Å². The van der Waals surface area contributed by atoms with Crippen molar-refractivity contribution in [3.63, 3.8) is 0 Å². The van der Waals surface area contributed by atoms with E-state index in [4.69, 9.17) is 23.7 Å². The number of carbonyl (C=O) groups is 5. The third-order valence-electron chi connectivity index (χ3n) is 12.3. The van der Waals surface area contributed by atoms with Gasteiger partial charge in [0.05, 0.1) is 5.41 Å². The molecule has 276 valence electrons.